The molecule has 1 rings (SSSR count). The van der Waals surface area contributed by atoms with E-state index >= 15 is 0 Å². The van der Waals surface area contributed by atoms with Gasteiger partial charge in [0.05, 0.1) is 10.8 Å². The number of allylic oxidation sites excluding steroid dienone is 2. The Morgan fingerprint density at radius 2 is 1.95 bits per heavy atom. The third kappa shape index (κ3) is 4.04. The van der Waals surface area contributed by atoms with Gasteiger partial charge < -0.3 is 5.11 Å². The first-order chi connectivity index (χ1) is 10.3. The Morgan fingerprint density at radius 3 is 2.45 bits per heavy atom. The average Bonchev–Trinajstić information content (AvgIpc) is 2.50. The summed E-state index contributed by atoms with van der Waals surface area (Å²) < 4.78 is 0. The minimum Gasteiger partial charge on any atom is -0.481 e. The van der Waals surface area contributed by atoms with E-state index in [1.165, 1.54) is 6.07 Å². The fourth-order valence-corrected chi connectivity index (χ4v) is 2.32. The predicted octanol–water partition coefficient (Wildman–Crippen LogP) is 4.00. The van der Waals surface area contributed by atoms with Crippen molar-refractivity contribution in [3.8, 4) is 0 Å². The first-order valence-electron chi connectivity index (χ1n) is 7.04. The Balaban J connectivity index is 3.23. The second-order valence-electron chi connectivity index (χ2n) is 5.37. The minimum absolute atomic E-state index is 0.0454. The standard InChI is InChI=1S/C17H21NO4/c1-5-11(2)12(3)13(4)15(17(19)20)10-14-8-6-7-9-16(14)18(21)22/h5-9,11,15H,1,10H2,2-4H3,(H,19,20)/b13-12-. The van der Waals surface area contributed by atoms with Crippen LogP contribution in [0.2, 0.25) is 0 Å². The molecule has 22 heavy (non-hydrogen) atoms. The van der Waals surface area contributed by atoms with E-state index in [-0.39, 0.29) is 18.0 Å². The Labute approximate surface area is 130 Å². The molecular weight excluding hydrogens is 282 g/mol. The van der Waals surface area contributed by atoms with Crippen molar-refractivity contribution in [2.24, 2.45) is 11.8 Å². The first-order valence-corrected chi connectivity index (χ1v) is 7.04. The average molecular weight is 303 g/mol. The maximum atomic E-state index is 11.6. The molecule has 1 N–H and O–H groups in total. The van der Waals surface area contributed by atoms with Crippen LogP contribution in [0.15, 0.2) is 48.1 Å². The predicted molar refractivity (Wildman–Crippen MR) is 85.7 cm³/mol. The minimum atomic E-state index is -0.980. The number of hydrogen-bond donors (Lipinski definition) is 1. The van der Waals surface area contributed by atoms with Crippen LogP contribution in [0.25, 0.3) is 0 Å². The van der Waals surface area contributed by atoms with Crippen LogP contribution in [0.4, 0.5) is 5.69 Å². The molecule has 0 fully saturated rings. The number of hydrogen-bond acceptors (Lipinski definition) is 3. The monoisotopic (exact) mass is 303 g/mol. The quantitative estimate of drug-likeness (QED) is 0.469. The summed E-state index contributed by atoms with van der Waals surface area (Å²) in [6.07, 6.45) is 1.85. The molecule has 0 bridgehead atoms. The summed E-state index contributed by atoms with van der Waals surface area (Å²) in [4.78, 5) is 22.2. The fourth-order valence-electron chi connectivity index (χ4n) is 2.32. The molecule has 0 heterocycles. The topological polar surface area (TPSA) is 80.4 Å². The van der Waals surface area contributed by atoms with Crippen LogP contribution >= 0.6 is 0 Å². The van der Waals surface area contributed by atoms with Crippen molar-refractivity contribution in [3.63, 3.8) is 0 Å². The zero-order valence-corrected chi connectivity index (χ0v) is 13.1. The number of carboxylic acid groups (broad SMARTS) is 1. The second-order valence-corrected chi connectivity index (χ2v) is 5.37. The number of benzene rings is 1. The van der Waals surface area contributed by atoms with Gasteiger partial charge in [0.1, 0.15) is 0 Å². The summed E-state index contributed by atoms with van der Waals surface area (Å²) in [5, 5.41) is 20.6. The third-order valence-electron chi connectivity index (χ3n) is 4.09. The Hall–Kier alpha value is -2.43. The molecule has 2 unspecified atom stereocenters. The summed E-state index contributed by atoms with van der Waals surface area (Å²) >= 11 is 0. The van der Waals surface area contributed by atoms with Gasteiger partial charge in [-0.1, -0.05) is 42.3 Å². The van der Waals surface area contributed by atoms with Crippen LogP contribution in [0.5, 0.6) is 0 Å². The fraction of sp³-hybridized carbons (Fsp3) is 0.353. The molecule has 0 aliphatic rings. The smallest absolute Gasteiger partial charge is 0.310 e. The molecule has 0 aliphatic heterocycles. The molecule has 0 saturated heterocycles. The van der Waals surface area contributed by atoms with E-state index in [1.54, 1.807) is 31.2 Å². The lowest BCUT2D eigenvalue weighted by molar-refractivity contribution is -0.385. The normalized spacial score (nSPS) is 14.7. The summed E-state index contributed by atoms with van der Waals surface area (Å²) in [6, 6.07) is 6.25. The molecule has 0 aliphatic carbocycles. The number of rotatable bonds is 7. The van der Waals surface area contributed by atoms with Crippen molar-refractivity contribution >= 4 is 11.7 Å². The molecule has 0 spiro atoms. The summed E-state index contributed by atoms with van der Waals surface area (Å²) in [5.41, 5.74) is 2.04. The molecule has 2 atom stereocenters. The SMILES string of the molecule is C=CC(C)/C(C)=C(/C)C(Cc1ccccc1[N+](=O)[O-])C(=O)O. The molecule has 118 valence electrons. The van der Waals surface area contributed by atoms with Crippen LogP contribution in [-0.4, -0.2) is 16.0 Å². The van der Waals surface area contributed by atoms with Gasteiger partial charge >= 0.3 is 5.97 Å². The van der Waals surface area contributed by atoms with Gasteiger partial charge in [0.15, 0.2) is 0 Å². The highest BCUT2D eigenvalue weighted by Gasteiger charge is 2.25. The zero-order chi connectivity index (χ0) is 16.9. The Bertz CT molecular complexity index is 619. The highest BCUT2D eigenvalue weighted by molar-refractivity contribution is 5.74. The Morgan fingerprint density at radius 1 is 1.36 bits per heavy atom. The first kappa shape index (κ1) is 17.6. The summed E-state index contributed by atoms with van der Waals surface area (Å²) in [6.45, 7) is 9.30. The van der Waals surface area contributed by atoms with Gasteiger partial charge in [0, 0.05) is 11.6 Å². The van der Waals surface area contributed by atoms with Gasteiger partial charge in [-0.2, -0.15) is 0 Å². The van der Waals surface area contributed by atoms with Crippen LogP contribution in [0.3, 0.4) is 0 Å². The number of nitrogens with zero attached hydrogens (tertiary/aromatic N) is 1. The summed E-state index contributed by atoms with van der Waals surface area (Å²) in [5.74, 6) is -1.71. The largest absolute Gasteiger partial charge is 0.481 e. The molecule has 1 aromatic carbocycles. The maximum Gasteiger partial charge on any atom is 0.310 e. The van der Waals surface area contributed by atoms with Crippen molar-refractivity contribution in [3.05, 3.63) is 63.7 Å². The number of nitro benzene ring substituents is 1. The van der Waals surface area contributed by atoms with E-state index < -0.39 is 16.8 Å². The zero-order valence-electron chi connectivity index (χ0n) is 13.1. The lowest BCUT2D eigenvalue weighted by Gasteiger charge is -2.19. The van der Waals surface area contributed by atoms with Gasteiger partial charge in [-0.3, -0.25) is 14.9 Å². The molecule has 1 aromatic rings. The molecule has 0 radical (unpaired) electrons. The van der Waals surface area contributed by atoms with Crippen molar-refractivity contribution in [1.82, 2.24) is 0 Å². The van der Waals surface area contributed by atoms with Crippen LogP contribution in [0, 0.1) is 22.0 Å². The van der Waals surface area contributed by atoms with E-state index in [4.69, 9.17) is 0 Å². The van der Waals surface area contributed by atoms with E-state index in [0.29, 0.717) is 5.56 Å². The maximum absolute atomic E-state index is 11.6. The van der Waals surface area contributed by atoms with Gasteiger partial charge in [0.25, 0.3) is 5.69 Å². The van der Waals surface area contributed by atoms with E-state index in [2.05, 4.69) is 6.58 Å². The number of nitro groups is 1. The molecule has 5 heteroatoms. The van der Waals surface area contributed by atoms with Gasteiger partial charge in [-0.15, -0.1) is 6.58 Å². The van der Waals surface area contributed by atoms with E-state index in [0.717, 1.165) is 11.1 Å². The van der Waals surface area contributed by atoms with Crippen molar-refractivity contribution in [2.75, 3.05) is 0 Å². The van der Waals surface area contributed by atoms with Crippen molar-refractivity contribution < 1.29 is 14.8 Å². The lowest BCUT2D eigenvalue weighted by Crippen LogP contribution is -2.20. The van der Waals surface area contributed by atoms with E-state index in [1.807, 2.05) is 13.8 Å². The van der Waals surface area contributed by atoms with Crippen molar-refractivity contribution in [1.29, 1.82) is 0 Å². The highest BCUT2D eigenvalue weighted by atomic mass is 16.6. The Kier molecular flexibility index (Phi) is 6.04. The van der Waals surface area contributed by atoms with Gasteiger partial charge in [-0.05, 0) is 26.2 Å². The van der Waals surface area contributed by atoms with Crippen molar-refractivity contribution in [2.45, 2.75) is 27.2 Å². The molecular formula is C17H21NO4. The number of para-hydroxylation sites is 1. The molecule has 0 aromatic heterocycles. The second kappa shape index (κ2) is 7.54. The molecule has 0 saturated carbocycles. The molecule has 0 amide bonds. The van der Waals surface area contributed by atoms with Crippen LogP contribution in [0.1, 0.15) is 26.3 Å². The summed E-state index contributed by atoms with van der Waals surface area (Å²) in [7, 11) is 0. The molecule has 5 nitrogen and oxygen atoms in total. The van der Waals surface area contributed by atoms with Crippen LogP contribution < -0.4 is 0 Å². The number of aliphatic carboxylic acids is 1. The van der Waals surface area contributed by atoms with Gasteiger partial charge in [0.2, 0.25) is 0 Å². The van der Waals surface area contributed by atoms with E-state index in [9.17, 15) is 20.0 Å². The van der Waals surface area contributed by atoms with Gasteiger partial charge in [-0.25, -0.2) is 0 Å². The highest BCUT2D eigenvalue weighted by Crippen LogP contribution is 2.28. The third-order valence-corrected chi connectivity index (χ3v) is 4.09. The lowest BCUT2D eigenvalue weighted by atomic mass is 9.86. The number of carbonyl (C=O) groups is 1. The van der Waals surface area contributed by atoms with Crippen LogP contribution in [-0.2, 0) is 11.2 Å². The number of carboxylic acids is 1.